The largest absolute Gasteiger partial charge is 0.316 e. The van der Waals surface area contributed by atoms with Crippen molar-refractivity contribution in [2.24, 2.45) is 0 Å². The minimum atomic E-state index is 0.462. The fraction of sp³-hybridized carbons (Fsp3) is 0.375. The molecule has 1 saturated heterocycles. The molecule has 1 aliphatic heterocycles. The summed E-state index contributed by atoms with van der Waals surface area (Å²) in [6.45, 7) is 2.14. The van der Waals surface area contributed by atoms with Gasteiger partial charge in [-0.1, -0.05) is 12.1 Å². The average Bonchev–Trinajstić information content (AvgIpc) is 2.99. The molecule has 4 heteroatoms. The van der Waals surface area contributed by atoms with E-state index in [2.05, 4.69) is 33.1 Å². The Morgan fingerprint density at radius 3 is 2.90 bits per heavy atom. The Kier molecular flexibility index (Phi) is 3.80. The Balaban J connectivity index is 1.87. The number of nitrogens with zero attached hydrogens (tertiary/aromatic N) is 3. The highest BCUT2D eigenvalue weighted by Crippen LogP contribution is 2.25. The van der Waals surface area contributed by atoms with Gasteiger partial charge in [0, 0.05) is 30.0 Å². The van der Waals surface area contributed by atoms with Crippen LogP contribution in [0.3, 0.4) is 0 Å². The van der Waals surface area contributed by atoms with E-state index in [1.807, 2.05) is 24.7 Å². The molecule has 4 nitrogen and oxygen atoms in total. The van der Waals surface area contributed by atoms with Crippen molar-refractivity contribution in [3.05, 3.63) is 48.0 Å². The van der Waals surface area contributed by atoms with Crippen LogP contribution in [-0.2, 0) is 6.42 Å². The van der Waals surface area contributed by atoms with E-state index in [-0.39, 0.29) is 0 Å². The van der Waals surface area contributed by atoms with Crippen molar-refractivity contribution in [2.45, 2.75) is 25.2 Å². The molecule has 2 aromatic rings. The maximum absolute atomic E-state index is 8.72. The smallest absolute Gasteiger partial charge is 0.0994 e. The molecule has 1 unspecified atom stereocenters. The Hall–Kier alpha value is -2.12. The van der Waals surface area contributed by atoms with Gasteiger partial charge in [-0.2, -0.15) is 5.26 Å². The summed E-state index contributed by atoms with van der Waals surface area (Å²) >= 11 is 0. The number of nitriles is 1. The third-order valence-corrected chi connectivity index (χ3v) is 3.88. The molecule has 2 heterocycles. The summed E-state index contributed by atoms with van der Waals surface area (Å²) in [5, 5.41) is 12.2. The van der Waals surface area contributed by atoms with Crippen LogP contribution >= 0.6 is 0 Å². The first-order valence-electron chi connectivity index (χ1n) is 7.07. The molecule has 1 aromatic carbocycles. The second-order valence-electron chi connectivity index (χ2n) is 5.23. The normalized spacial score (nSPS) is 18.6. The summed E-state index contributed by atoms with van der Waals surface area (Å²) in [5.74, 6) is 0.532. The van der Waals surface area contributed by atoms with Gasteiger partial charge in [0.05, 0.1) is 18.8 Å². The molecule has 1 aliphatic rings. The minimum Gasteiger partial charge on any atom is -0.316 e. The first-order chi connectivity index (χ1) is 9.88. The van der Waals surface area contributed by atoms with Crippen molar-refractivity contribution >= 4 is 0 Å². The lowest BCUT2D eigenvalue weighted by Gasteiger charge is -2.23. The zero-order chi connectivity index (χ0) is 13.8. The van der Waals surface area contributed by atoms with E-state index in [1.165, 1.54) is 18.5 Å². The van der Waals surface area contributed by atoms with Gasteiger partial charge in [-0.3, -0.25) is 0 Å². The molecule has 0 spiro atoms. The number of hydrogen-bond acceptors (Lipinski definition) is 3. The summed E-state index contributed by atoms with van der Waals surface area (Å²) in [6, 6.07) is 10.3. The predicted octanol–water partition coefficient (Wildman–Crippen LogP) is 2.41. The van der Waals surface area contributed by atoms with Crippen LogP contribution in [0.5, 0.6) is 0 Å². The highest BCUT2D eigenvalue weighted by Gasteiger charge is 2.19. The molecule has 0 bridgehead atoms. The molecule has 20 heavy (non-hydrogen) atoms. The molecule has 0 radical (unpaired) electrons. The fourth-order valence-corrected chi connectivity index (χ4v) is 2.79. The van der Waals surface area contributed by atoms with Gasteiger partial charge >= 0.3 is 0 Å². The van der Waals surface area contributed by atoms with Crippen LogP contribution in [0.1, 0.15) is 30.0 Å². The molecule has 0 saturated carbocycles. The molecule has 1 N–H and O–H groups in total. The van der Waals surface area contributed by atoms with Crippen LogP contribution in [0.2, 0.25) is 0 Å². The molecular formula is C16H18N4. The molecule has 1 fully saturated rings. The average molecular weight is 266 g/mol. The Bertz CT molecular complexity index is 600. The summed E-state index contributed by atoms with van der Waals surface area (Å²) in [6.07, 6.45) is 6.75. The van der Waals surface area contributed by atoms with Gasteiger partial charge in [-0.05, 0) is 37.1 Å². The lowest BCUT2D eigenvalue weighted by Crippen LogP contribution is -2.29. The van der Waals surface area contributed by atoms with Crippen molar-refractivity contribution in [1.82, 2.24) is 14.9 Å². The van der Waals surface area contributed by atoms with Gasteiger partial charge in [0.15, 0.2) is 0 Å². The molecule has 102 valence electrons. The summed E-state index contributed by atoms with van der Waals surface area (Å²) < 4.78 is 2.16. The first-order valence-corrected chi connectivity index (χ1v) is 7.07. The van der Waals surface area contributed by atoms with Gasteiger partial charge < -0.3 is 9.88 Å². The fourth-order valence-electron chi connectivity index (χ4n) is 2.79. The molecule has 0 amide bonds. The van der Waals surface area contributed by atoms with Gasteiger partial charge in [0.1, 0.15) is 0 Å². The minimum absolute atomic E-state index is 0.462. The Labute approximate surface area is 119 Å². The second-order valence-corrected chi connectivity index (χ2v) is 5.23. The molecular weight excluding hydrogens is 248 g/mol. The maximum atomic E-state index is 8.72. The number of hydrogen-bond donors (Lipinski definition) is 1. The highest BCUT2D eigenvalue weighted by atomic mass is 15.1. The van der Waals surface area contributed by atoms with Gasteiger partial charge in [-0.25, -0.2) is 4.98 Å². The van der Waals surface area contributed by atoms with E-state index in [0.717, 1.165) is 24.3 Å². The van der Waals surface area contributed by atoms with Gasteiger partial charge in [0.25, 0.3) is 0 Å². The van der Waals surface area contributed by atoms with Crippen LogP contribution in [0.25, 0.3) is 5.69 Å². The lowest BCUT2D eigenvalue weighted by molar-refractivity contribution is 0.451. The van der Waals surface area contributed by atoms with E-state index in [1.54, 1.807) is 0 Å². The zero-order valence-electron chi connectivity index (χ0n) is 11.4. The van der Waals surface area contributed by atoms with Crippen LogP contribution in [0, 0.1) is 11.3 Å². The monoisotopic (exact) mass is 266 g/mol. The predicted molar refractivity (Wildman–Crippen MR) is 77.7 cm³/mol. The molecule has 3 rings (SSSR count). The van der Waals surface area contributed by atoms with E-state index in [0.29, 0.717) is 12.3 Å². The van der Waals surface area contributed by atoms with E-state index in [9.17, 15) is 0 Å². The van der Waals surface area contributed by atoms with E-state index < -0.39 is 0 Å². The third kappa shape index (κ3) is 2.59. The SMILES string of the molecule is N#CCc1ccc(-n2cncc2C2CCCNC2)cc1. The lowest BCUT2D eigenvalue weighted by atomic mass is 9.96. The van der Waals surface area contributed by atoms with Crippen molar-refractivity contribution in [2.75, 3.05) is 13.1 Å². The number of benzene rings is 1. The Morgan fingerprint density at radius 2 is 2.20 bits per heavy atom. The van der Waals surface area contributed by atoms with E-state index in [4.69, 9.17) is 5.26 Å². The first kappa shape index (κ1) is 12.9. The quantitative estimate of drug-likeness (QED) is 0.928. The summed E-state index contributed by atoms with van der Waals surface area (Å²) in [7, 11) is 0. The number of aromatic nitrogens is 2. The molecule has 0 aliphatic carbocycles. The van der Waals surface area contributed by atoms with Crippen LogP contribution in [-0.4, -0.2) is 22.6 Å². The van der Waals surface area contributed by atoms with Gasteiger partial charge in [-0.15, -0.1) is 0 Å². The highest BCUT2D eigenvalue weighted by molar-refractivity contribution is 5.37. The van der Waals surface area contributed by atoms with Gasteiger partial charge in [0.2, 0.25) is 0 Å². The third-order valence-electron chi connectivity index (χ3n) is 3.88. The van der Waals surface area contributed by atoms with E-state index >= 15 is 0 Å². The number of piperidine rings is 1. The molecule has 1 atom stereocenters. The van der Waals surface area contributed by atoms with Crippen molar-refractivity contribution in [3.63, 3.8) is 0 Å². The van der Waals surface area contributed by atoms with Crippen molar-refractivity contribution in [3.8, 4) is 11.8 Å². The number of rotatable bonds is 3. The molecule has 1 aromatic heterocycles. The van der Waals surface area contributed by atoms with Crippen LogP contribution in [0.4, 0.5) is 0 Å². The zero-order valence-corrected chi connectivity index (χ0v) is 11.4. The number of nitrogens with one attached hydrogen (secondary N) is 1. The Morgan fingerprint density at radius 1 is 1.35 bits per heavy atom. The van der Waals surface area contributed by atoms with Crippen LogP contribution in [0.15, 0.2) is 36.8 Å². The topological polar surface area (TPSA) is 53.6 Å². The van der Waals surface area contributed by atoms with Crippen LogP contribution < -0.4 is 5.32 Å². The number of imidazole rings is 1. The van der Waals surface area contributed by atoms with Crippen molar-refractivity contribution in [1.29, 1.82) is 5.26 Å². The van der Waals surface area contributed by atoms with Crippen molar-refractivity contribution < 1.29 is 0 Å². The standard InChI is InChI=1S/C16H18N4/c17-8-7-13-3-5-15(6-4-13)20-12-19-11-16(20)14-2-1-9-18-10-14/h3-6,11-12,14,18H,1-2,7,9-10H2. The summed E-state index contributed by atoms with van der Waals surface area (Å²) in [5.41, 5.74) is 3.44. The summed E-state index contributed by atoms with van der Waals surface area (Å²) in [4.78, 5) is 4.32. The maximum Gasteiger partial charge on any atom is 0.0994 e. The second kappa shape index (κ2) is 5.89.